The number of carbonyl (C=O) groups is 1. The van der Waals surface area contributed by atoms with Gasteiger partial charge in [-0.15, -0.1) is 0 Å². The first-order chi connectivity index (χ1) is 14.8. The number of rotatable bonds is 10. The second-order valence-corrected chi connectivity index (χ2v) is 8.00. The van der Waals surface area contributed by atoms with Gasteiger partial charge in [-0.05, 0) is 57.6 Å². The van der Waals surface area contributed by atoms with E-state index in [4.69, 9.17) is 21.1 Å². The molecule has 9 heteroatoms. The highest BCUT2D eigenvalue weighted by atomic mass is 19.1. The summed E-state index contributed by atoms with van der Waals surface area (Å²) in [5.74, 6) is 6.68. The molecule has 0 radical (unpaired) electrons. The number of amides is 1. The molecule has 1 aromatic rings. The Morgan fingerprint density at radius 2 is 1.94 bits per heavy atom. The molecule has 1 amide bonds. The van der Waals surface area contributed by atoms with Crippen LogP contribution in [0.15, 0.2) is 17.8 Å². The Labute approximate surface area is 184 Å². The van der Waals surface area contributed by atoms with E-state index >= 15 is 0 Å². The average molecular weight is 438 g/mol. The Balaban J connectivity index is 2.05. The van der Waals surface area contributed by atoms with Gasteiger partial charge in [0, 0.05) is 20.6 Å². The summed E-state index contributed by atoms with van der Waals surface area (Å²) >= 11 is 0. The van der Waals surface area contributed by atoms with Crippen LogP contribution in [-0.4, -0.2) is 61.0 Å². The topological polar surface area (TPSA) is 107 Å². The van der Waals surface area contributed by atoms with Crippen molar-refractivity contribution in [3.63, 3.8) is 0 Å². The zero-order chi connectivity index (χ0) is 22.8. The van der Waals surface area contributed by atoms with Crippen LogP contribution in [0.2, 0.25) is 0 Å². The number of hydrazine groups is 1. The number of aromatic nitrogens is 1. The van der Waals surface area contributed by atoms with Crippen LogP contribution in [0.1, 0.15) is 56.3 Å². The molecule has 0 atom stereocenters. The van der Waals surface area contributed by atoms with Crippen molar-refractivity contribution in [1.29, 1.82) is 0 Å². The molecule has 0 bridgehead atoms. The molecule has 0 spiro atoms. The molecule has 1 saturated carbocycles. The fourth-order valence-corrected chi connectivity index (χ4v) is 3.48. The van der Waals surface area contributed by atoms with E-state index in [0.717, 1.165) is 24.3 Å². The number of carbonyl (C=O) groups excluding carboxylic acids is 1. The van der Waals surface area contributed by atoms with Crippen LogP contribution in [0.25, 0.3) is 5.70 Å². The first-order valence-corrected chi connectivity index (χ1v) is 10.9. The number of nitrogens with two attached hydrogens (primary N) is 2. The fourth-order valence-electron chi connectivity index (χ4n) is 3.48. The number of pyridine rings is 1. The number of hydrogen-bond acceptors (Lipinski definition) is 7. The van der Waals surface area contributed by atoms with Crippen molar-refractivity contribution >= 4 is 11.8 Å². The van der Waals surface area contributed by atoms with E-state index in [0.29, 0.717) is 36.5 Å². The molecule has 1 aromatic heterocycles. The van der Waals surface area contributed by atoms with E-state index in [9.17, 15) is 9.18 Å². The molecule has 0 aliphatic heterocycles. The van der Waals surface area contributed by atoms with E-state index < -0.39 is 12.8 Å². The predicted molar refractivity (Wildman–Crippen MR) is 119 cm³/mol. The monoisotopic (exact) mass is 437 g/mol. The van der Waals surface area contributed by atoms with Crippen molar-refractivity contribution in [3.8, 4) is 5.75 Å². The third kappa shape index (κ3) is 7.57. The Hall–Kier alpha value is -2.55. The van der Waals surface area contributed by atoms with Crippen LogP contribution < -0.4 is 16.3 Å². The number of hydrogen-bond donors (Lipinski definition) is 2. The van der Waals surface area contributed by atoms with Gasteiger partial charge in [-0.2, -0.15) is 0 Å². The maximum atomic E-state index is 12.2. The summed E-state index contributed by atoms with van der Waals surface area (Å²) in [5, 5.41) is 1.31. The van der Waals surface area contributed by atoms with Crippen LogP contribution in [-0.2, 0) is 4.74 Å². The molecule has 0 saturated heterocycles. The summed E-state index contributed by atoms with van der Waals surface area (Å²) in [6.45, 7) is 1.79. The highest BCUT2D eigenvalue weighted by Gasteiger charge is 2.18. The quantitative estimate of drug-likeness (QED) is 0.328. The minimum Gasteiger partial charge on any atom is -0.489 e. The highest BCUT2D eigenvalue weighted by Crippen LogP contribution is 2.26. The fraction of sp³-hybridized carbons (Fsp3) is 0.636. The second-order valence-electron chi connectivity index (χ2n) is 8.00. The van der Waals surface area contributed by atoms with Crippen LogP contribution in [0.4, 0.5) is 9.18 Å². The van der Waals surface area contributed by atoms with Crippen molar-refractivity contribution in [2.24, 2.45) is 11.6 Å². The van der Waals surface area contributed by atoms with Gasteiger partial charge in [0.2, 0.25) is 0 Å². The van der Waals surface area contributed by atoms with E-state index in [1.807, 2.05) is 13.0 Å². The van der Waals surface area contributed by atoms with Crippen molar-refractivity contribution in [3.05, 3.63) is 29.2 Å². The smallest absolute Gasteiger partial charge is 0.409 e. The maximum absolute atomic E-state index is 12.2. The normalized spacial score (nSPS) is 15.3. The number of nitrogens with zero attached hydrogens (tertiary/aromatic N) is 3. The van der Waals surface area contributed by atoms with Gasteiger partial charge in [0.05, 0.1) is 35.6 Å². The summed E-state index contributed by atoms with van der Waals surface area (Å²) in [5.41, 5.74) is 8.35. The molecule has 2 rings (SSSR count). The zero-order valence-electron chi connectivity index (χ0n) is 18.9. The number of likely N-dealkylation sites (N-methyl/N-ethyl adjacent to an activating group) is 1. The second kappa shape index (κ2) is 12.3. The molecule has 8 nitrogen and oxygen atoms in total. The standard InChI is InChI=1S/C22H36FN5O3/c1-16-20(31-17-9-5-4-6-10-17)12-11-18(26-16)21(24)19(28(3)25)15-30-22(29)27(2)14-8-7-13-23/h11-12,17H,4-10,13-15,24-25H2,1-3H3/b21-19-. The molecule has 1 aliphatic carbocycles. The lowest BCUT2D eigenvalue weighted by Gasteiger charge is -2.24. The summed E-state index contributed by atoms with van der Waals surface area (Å²) in [7, 11) is 3.23. The Morgan fingerprint density at radius 1 is 1.23 bits per heavy atom. The predicted octanol–water partition coefficient (Wildman–Crippen LogP) is 3.35. The summed E-state index contributed by atoms with van der Waals surface area (Å²) in [4.78, 5) is 18.1. The SMILES string of the molecule is Cc1nc(/C(N)=C(\COC(=O)N(C)CCCCF)N(C)N)ccc1OC1CCCCC1. The Bertz CT molecular complexity index is 751. The number of alkyl halides is 1. The first kappa shape index (κ1) is 24.7. The largest absolute Gasteiger partial charge is 0.489 e. The van der Waals surface area contributed by atoms with Crippen LogP contribution in [0.5, 0.6) is 5.75 Å². The minimum absolute atomic E-state index is 0.105. The molecule has 1 aliphatic rings. The average Bonchev–Trinajstić information content (AvgIpc) is 2.75. The molecule has 4 N–H and O–H groups in total. The summed E-state index contributed by atoms with van der Waals surface area (Å²) < 4.78 is 23.7. The number of unbranched alkanes of at least 4 members (excludes halogenated alkanes) is 1. The Morgan fingerprint density at radius 3 is 2.55 bits per heavy atom. The van der Waals surface area contributed by atoms with Crippen molar-refractivity contribution in [2.45, 2.75) is 58.0 Å². The lowest BCUT2D eigenvalue weighted by atomic mass is 9.98. The minimum atomic E-state index is -0.522. The van der Waals surface area contributed by atoms with Gasteiger partial charge < -0.3 is 25.1 Å². The summed E-state index contributed by atoms with van der Waals surface area (Å²) in [6, 6.07) is 3.66. The van der Waals surface area contributed by atoms with Gasteiger partial charge in [0.15, 0.2) is 0 Å². The molecule has 1 heterocycles. The lowest BCUT2D eigenvalue weighted by Crippen LogP contribution is -2.34. The van der Waals surface area contributed by atoms with Gasteiger partial charge in [0.25, 0.3) is 0 Å². The van der Waals surface area contributed by atoms with Gasteiger partial charge in [0.1, 0.15) is 12.4 Å². The van der Waals surface area contributed by atoms with Gasteiger partial charge in [-0.1, -0.05) is 6.42 Å². The van der Waals surface area contributed by atoms with Crippen molar-refractivity contribution in [2.75, 3.05) is 33.9 Å². The molecule has 174 valence electrons. The summed E-state index contributed by atoms with van der Waals surface area (Å²) in [6.07, 6.45) is 6.49. The van der Waals surface area contributed by atoms with E-state index in [2.05, 4.69) is 4.98 Å². The maximum Gasteiger partial charge on any atom is 0.409 e. The van der Waals surface area contributed by atoms with E-state index in [-0.39, 0.29) is 12.7 Å². The van der Waals surface area contributed by atoms with Crippen LogP contribution >= 0.6 is 0 Å². The van der Waals surface area contributed by atoms with Crippen LogP contribution in [0, 0.1) is 6.92 Å². The first-order valence-electron chi connectivity index (χ1n) is 10.9. The molecule has 1 fully saturated rings. The molecule has 31 heavy (non-hydrogen) atoms. The van der Waals surface area contributed by atoms with Crippen LogP contribution in [0.3, 0.4) is 0 Å². The lowest BCUT2D eigenvalue weighted by molar-refractivity contribution is 0.112. The number of aryl methyl sites for hydroxylation is 1. The molecular weight excluding hydrogens is 401 g/mol. The number of halogens is 1. The highest BCUT2D eigenvalue weighted by molar-refractivity contribution is 5.68. The third-order valence-electron chi connectivity index (χ3n) is 5.42. The van der Waals surface area contributed by atoms with Gasteiger partial charge >= 0.3 is 6.09 Å². The zero-order valence-corrected chi connectivity index (χ0v) is 18.9. The molecule has 0 unspecified atom stereocenters. The number of ether oxygens (including phenoxy) is 2. The van der Waals surface area contributed by atoms with Crippen molar-refractivity contribution < 1.29 is 18.7 Å². The van der Waals surface area contributed by atoms with E-state index in [1.54, 1.807) is 20.2 Å². The third-order valence-corrected chi connectivity index (χ3v) is 5.42. The van der Waals surface area contributed by atoms with E-state index in [1.165, 1.54) is 29.2 Å². The molecular formula is C22H36FN5O3. The molecule has 0 aromatic carbocycles. The Kier molecular flexibility index (Phi) is 9.84. The van der Waals surface area contributed by atoms with Crippen molar-refractivity contribution in [1.82, 2.24) is 14.9 Å². The van der Waals surface area contributed by atoms with Gasteiger partial charge in [-0.3, -0.25) is 4.39 Å². The van der Waals surface area contributed by atoms with Gasteiger partial charge in [-0.25, -0.2) is 15.6 Å².